The number of nitrogens with zero attached hydrogens (tertiary/aromatic N) is 2. The zero-order chi connectivity index (χ0) is 16.6. The van der Waals surface area contributed by atoms with Crippen LogP contribution in [0.4, 0.5) is 5.69 Å². The average molecular weight is 308 g/mol. The summed E-state index contributed by atoms with van der Waals surface area (Å²) < 4.78 is 2.26. The second-order valence-corrected chi connectivity index (χ2v) is 6.23. The lowest BCUT2D eigenvalue weighted by molar-refractivity contribution is 0.671. The maximum atomic E-state index is 6.09. The molecule has 0 unspecified atom stereocenters. The van der Waals surface area contributed by atoms with Crippen LogP contribution in [0.5, 0.6) is 0 Å². The summed E-state index contributed by atoms with van der Waals surface area (Å²) in [4.78, 5) is 4.88. The van der Waals surface area contributed by atoms with E-state index in [4.69, 9.17) is 16.5 Å². The number of hydrogen-bond donors (Lipinski definition) is 2. The molecule has 4 nitrogen and oxygen atoms in total. The van der Waals surface area contributed by atoms with E-state index in [0.29, 0.717) is 6.54 Å². The number of benzene rings is 2. The molecule has 23 heavy (non-hydrogen) atoms. The van der Waals surface area contributed by atoms with Crippen molar-refractivity contribution in [3.05, 3.63) is 47.0 Å². The first-order valence-electron chi connectivity index (χ1n) is 8.05. The van der Waals surface area contributed by atoms with Crippen molar-refractivity contribution in [2.24, 2.45) is 5.73 Å². The summed E-state index contributed by atoms with van der Waals surface area (Å²) in [6.45, 7) is 7.80. The molecule has 0 spiro atoms. The van der Waals surface area contributed by atoms with E-state index in [0.717, 1.165) is 46.6 Å². The Morgan fingerprint density at radius 3 is 2.43 bits per heavy atom. The molecule has 0 atom stereocenters. The summed E-state index contributed by atoms with van der Waals surface area (Å²) in [7, 11) is 0. The molecule has 0 aliphatic heterocycles. The van der Waals surface area contributed by atoms with Crippen LogP contribution in [0.2, 0.25) is 0 Å². The van der Waals surface area contributed by atoms with E-state index in [-0.39, 0.29) is 0 Å². The second kappa shape index (κ2) is 6.05. The third-order valence-electron chi connectivity index (χ3n) is 4.49. The lowest BCUT2D eigenvalue weighted by Gasteiger charge is -2.10. The topological polar surface area (TPSA) is 69.9 Å². The van der Waals surface area contributed by atoms with Gasteiger partial charge < -0.3 is 16.0 Å². The standard InChI is InChI=1S/C19H24N4/c1-12-5-6-15(11-16(12)21)19-22-17-9-13(2)14(3)10-18(17)23(19)8-4-7-20/h5-6,9-11H,4,7-8,20-21H2,1-3H3. The quantitative estimate of drug-likeness (QED) is 0.724. The highest BCUT2D eigenvalue weighted by Crippen LogP contribution is 2.29. The zero-order valence-corrected chi connectivity index (χ0v) is 14.1. The van der Waals surface area contributed by atoms with Gasteiger partial charge >= 0.3 is 0 Å². The van der Waals surface area contributed by atoms with Gasteiger partial charge in [0.05, 0.1) is 11.0 Å². The van der Waals surface area contributed by atoms with Crippen LogP contribution in [0, 0.1) is 20.8 Å². The van der Waals surface area contributed by atoms with Crippen LogP contribution in [0.15, 0.2) is 30.3 Å². The molecular weight excluding hydrogens is 284 g/mol. The van der Waals surface area contributed by atoms with Gasteiger partial charge in [-0.3, -0.25) is 0 Å². The van der Waals surface area contributed by atoms with Crippen LogP contribution in [-0.2, 0) is 6.54 Å². The van der Waals surface area contributed by atoms with E-state index in [1.165, 1.54) is 11.1 Å². The normalized spacial score (nSPS) is 11.3. The van der Waals surface area contributed by atoms with Crippen LogP contribution < -0.4 is 11.5 Å². The number of aryl methyl sites for hydroxylation is 4. The van der Waals surface area contributed by atoms with E-state index in [9.17, 15) is 0 Å². The number of imidazole rings is 1. The van der Waals surface area contributed by atoms with Gasteiger partial charge in [0.15, 0.2) is 0 Å². The number of rotatable bonds is 4. The molecule has 0 saturated carbocycles. The van der Waals surface area contributed by atoms with Gasteiger partial charge in [0.25, 0.3) is 0 Å². The maximum absolute atomic E-state index is 6.09. The molecule has 0 radical (unpaired) electrons. The monoisotopic (exact) mass is 308 g/mol. The molecule has 1 aromatic heterocycles. The fourth-order valence-corrected chi connectivity index (χ4v) is 2.86. The molecule has 1 heterocycles. The highest BCUT2D eigenvalue weighted by Gasteiger charge is 2.14. The second-order valence-electron chi connectivity index (χ2n) is 6.23. The summed E-state index contributed by atoms with van der Waals surface area (Å²) in [6, 6.07) is 10.5. The van der Waals surface area contributed by atoms with Crippen LogP contribution in [-0.4, -0.2) is 16.1 Å². The van der Waals surface area contributed by atoms with E-state index in [1.807, 2.05) is 19.1 Å². The Bertz CT molecular complexity index is 861. The van der Waals surface area contributed by atoms with Crippen molar-refractivity contribution in [2.45, 2.75) is 33.7 Å². The Morgan fingerprint density at radius 1 is 1.00 bits per heavy atom. The number of hydrogen-bond acceptors (Lipinski definition) is 3. The predicted molar refractivity (Wildman–Crippen MR) is 97.5 cm³/mol. The van der Waals surface area contributed by atoms with Crippen molar-refractivity contribution in [1.82, 2.24) is 9.55 Å². The first kappa shape index (κ1) is 15.6. The maximum Gasteiger partial charge on any atom is 0.141 e. The molecule has 2 aromatic carbocycles. The fraction of sp³-hybridized carbons (Fsp3) is 0.316. The molecule has 4 N–H and O–H groups in total. The Hall–Kier alpha value is -2.33. The number of aromatic nitrogens is 2. The molecule has 120 valence electrons. The lowest BCUT2D eigenvalue weighted by Crippen LogP contribution is -2.07. The van der Waals surface area contributed by atoms with E-state index >= 15 is 0 Å². The number of nitrogens with two attached hydrogens (primary N) is 2. The Balaban J connectivity index is 2.23. The molecule has 0 bridgehead atoms. The molecule has 3 aromatic rings. The largest absolute Gasteiger partial charge is 0.398 e. The molecule has 0 amide bonds. The van der Waals surface area contributed by atoms with E-state index in [2.05, 4.69) is 36.6 Å². The van der Waals surface area contributed by atoms with Gasteiger partial charge in [-0.25, -0.2) is 4.98 Å². The molecule has 0 saturated heterocycles. The smallest absolute Gasteiger partial charge is 0.141 e. The zero-order valence-electron chi connectivity index (χ0n) is 14.1. The van der Waals surface area contributed by atoms with Gasteiger partial charge in [0, 0.05) is 17.8 Å². The van der Waals surface area contributed by atoms with Crippen LogP contribution in [0.25, 0.3) is 22.4 Å². The third kappa shape index (κ3) is 2.82. The molecule has 4 heteroatoms. The number of fused-ring (bicyclic) bond motifs is 1. The number of anilines is 1. The van der Waals surface area contributed by atoms with Crippen molar-refractivity contribution in [2.75, 3.05) is 12.3 Å². The highest BCUT2D eigenvalue weighted by atomic mass is 15.1. The van der Waals surface area contributed by atoms with Crippen molar-refractivity contribution < 1.29 is 0 Å². The predicted octanol–water partition coefficient (Wildman–Crippen LogP) is 3.56. The summed E-state index contributed by atoms with van der Waals surface area (Å²) in [5.74, 6) is 0.963. The van der Waals surface area contributed by atoms with Crippen molar-refractivity contribution in [3.8, 4) is 11.4 Å². The first-order valence-corrected chi connectivity index (χ1v) is 8.05. The Morgan fingerprint density at radius 2 is 1.74 bits per heavy atom. The van der Waals surface area contributed by atoms with Gasteiger partial charge in [-0.05, 0) is 68.6 Å². The summed E-state index contributed by atoms with van der Waals surface area (Å²) >= 11 is 0. The molecular formula is C19H24N4. The van der Waals surface area contributed by atoms with Gasteiger partial charge in [-0.2, -0.15) is 0 Å². The number of nitrogen functional groups attached to an aromatic ring is 1. The summed E-state index contributed by atoms with van der Waals surface area (Å²) in [6.07, 6.45) is 0.923. The van der Waals surface area contributed by atoms with Crippen molar-refractivity contribution in [1.29, 1.82) is 0 Å². The minimum absolute atomic E-state index is 0.667. The van der Waals surface area contributed by atoms with Crippen LogP contribution in [0.3, 0.4) is 0 Å². The summed E-state index contributed by atoms with van der Waals surface area (Å²) in [5, 5.41) is 0. The first-order chi connectivity index (χ1) is 11.0. The third-order valence-corrected chi connectivity index (χ3v) is 4.49. The van der Waals surface area contributed by atoms with Crippen LogP contribution in [0.1, 0.15) is 23.1 Å². The van der Waals surface area contributed by atoms with E-state index < -0.39 is 0 Å². The molecule has 3 rings (SSSR count). The molecule has 0 fully saturated rings. The van der Waals surface area contributed by atoms with Crippen molar-refractivity contribution >= 4 is 16.7 Å². The fourth-order valence-electron chi connectivity index (χ4n) is 2.86. The van der Waals surface area contributed by atoms with Gasteiger partial charge in [-0.15, -0.1) is 0 Å². The lowest BCUT2D eigenvalue weighted by atomic mass is 10.1. The Labute approximate surface area is 137 Å². The van der Waals surface area contributed by atoms with Crippen LogP contribution >= 0.6 is 0 Å². The van der Waals surface area contributed by atoms with Gasteiger partial charge in [-0.1, -0.05) is 12.1 Å². The highest BCUT2D eigenvalue weighted by molar-refractivity contribution is 5.82. The minimum atomic E-state index is 0.667. The van der Waals surface area contributed by atoms with Crippen molar-refractivity contribution in [3.63, 3.8) is 0 Å². The molecule has 0 aliphatic rings. The minimum Gasteiger partial charge on any atom is -0.398 e. The SMILES string of the molecule is Cc1cc2nc(-c3ccc(C)c(N)c3)n(CCCN)c2cc1C. The Kier molecular flexibility index (Phi) is 4.09. The van der Waals surface area contributed by atoms with Gasteiger partial charge in [0.2, 0.25) is 0 Å². The summed E-state index contributed by atoms with van der Waals surface area (Å²) in [5.41, 5.74) is 19.5. The molecule has 0 aliphatic carbocycles. The van der Waals surface area contributed by atoms with Gasteiger partial charge in [0.1, 0.15) is 5.82 Å². The average Bonchev–Trinajstić information content (AvgIpc) is 2.86. The van der Waals surface area contributed by atoms with E-state index in [1.54, 1.807) is 0 Å².